The monoisotopic (exact) mass is 450 g/mol. The lowest BCUT2D eigenvalue weighted by Crippen LogP contribution is -2.11. The lowest BCUT2D eigenvalue weighted by molar-refractivity contribution is -0.384. The van der Waals surface area contributed by atoms with Crippen LogP contribution in [0.15, 0.2) is 82.8 Å². The average molecular weight is 450 g/mol. The highest BCUT2D eigenvalue weighted by molar-refractivity contribution is 7.56. The summed E-state index contributed by atoms with van der Waals surface area (Å²) in [6, 6.07) is 19.5. The fraction of sp³-hybridized carbons (Fsp3) is 0.0909. The highest BCUT2D eigenvalue weighted by Gasteiger charge is 2.31. The Balaban J connectivity index is 1.76. The maximum absolute atomic E-state index is 13.9. The van der Waals surface area contributed by atoms with Crippen molar-refractivity contribution in [3.05, 3.63) is 94.0 Å². The molecule has 1 heterocycles. The lowest BCUT2D eigenvalue weighted by atomic mass is 10.2. The molecule has 0 aromatic heterocycles. The molecule has 3 aromatic rings. The second-order valence-electron chi connectivity index (χ2n) is 6.74. The van der Waals surface area contributed by atoms with Gasteiger partial charge in [-0.15, -0.1) is 0 Å². The van der Waals surface area contributed by atoms with E-state index < -0.39 is 12.7 Å². The van der Waals surface area contributed by atoms with Gasteiger partial charge in [0.1, 0.15) is 11.5 Å². The van der Waals surface area contributed by atoms with E-state index in [1.165, 1.54) is 24.3 Å². The zero-order valence-electron chi connectivity index (χ0n) is 16.8. The van der Waals surface area contributed by atoms with Crippen LogP contribution in [0.3, 0.4) is 0 Å². The Kier molecular flexibility index (Phi) is 6.28. The van der Waals surface area contributed by atoms with Crippen LogP contribution >= 0.6 is 7.75 Å². The normalized spacial score (nSPS) is 17.9. The van der Waals surface area contributed by atoms with E-state index in [9.17, 15) is 14.7 Å². The van der Waals surface area contributed by atoms with Crippen LogP contribution in [-0.2, 0) is 4.57 Å². The highest BCUT2D eigenvalue weighted by Crippen LogP contribution is 2.49. The maximum Gasteiger partial charge on any atom is 0.541 e. The third-order valence-corrected chi connectivity index (χ3v) is 5.84. The van der Waals surface area contributed by atoms with Crippen molar-refractivity contribution in [1.29, 1.82) is 0 Å². The van der Waals surface area contributed by atoms with Gasteiger partial charge in [0.15, 0.2) is 0 Å². The number of nitrogens with zero attached hydrogens (tertiary/aromatic N) is 3. The second-order valence-corrected chi connectivity index (χ2v) is 8.33. The van der Waals surface area contributed by atoms with Gasteiger partial charge in [-0.2, -0.15) is 0 Å². The molecule has 0 saturated carbocycles. The van der Waals surface area contributed by atoms with E-state index in [0.29, 0.717) is 41.4 Å². The molecule has 0 unspecified atom stereocenters. The van der Waals surface area contributed by atoms with Crippen LogP contribution in [0.4, 0.5) is 11.4 Å². The number of nitrogens with one attached hydrogen (secondary N) is 1. The van der Waals surface area contributed by atoms with Crippen LogP contribution in [0.2, 0.25) is 0 Å². The van der Waals surface area contributed by atoms with Crippen molar-refractivity contribution in [2.24, 2.45) is 9.98 Å². The predicted molar refractivity (Wildman–Crippen MR) is 123 cm³/mol. The van der Waals surface area contributed by atoms with Gasteiger partial charge < -0.3 is 9.05 Å². The van der Waals surface area contributed by atoms with Gasteiger partial charge in [0.25, 0.3) is 5.69 Å². The minimum atomic E-state index is -4.05. The molecule has 32 heavy (non-hydrogen) atoms. The van der Waals surface area contributed by atoms with Crippen LogP contribution in [0, 0.1) is 10.1 Å². The van der Waals surface area contributed by atoms with Gasteiger partial charge in [-0.1, -0.05) is 24.3 Å². The molecule has 1 aliphatic heterocycles. The van der Waals surface area contributed by atoms with Gasteiger partial charge in [-0.3, -0.25) is 25.2 Å². The van der Waals surface area contributed by atoms with Crippen LogP contribution in [0.1, 0.15) is 11.1 Å². The summed E-state index contributed by atoms with van der Waals surface area (Å²) in [4.78, 5) is 19.1. The Bertz CT molecular complexity index is 1160. The molecule has 0 spiro atoms. The minimum absolute atomic E-state index is 0.0891. The summed E-state index contributed by atoms with van der Waals surface area (Å²) >= 11 is 0. The summed E-state index contributed by atoms with van der Waals surface area (Å²) in [6.45, 7) is 0.957. The number of rotatable bonds is 3. The Morgan fingerprint density at radius 1 is 0.812 bits per heavy atom. The van der Waals surface area contributed by atoms with Crippen LogP contribution in [0.5, 0.6) is 11.5 Å². The molecular formula is C22H19N4O5P. The number of benzene rings is 3. The van der Waals surface area contributed by atoms with Crippen molar-refractivity contribution in [2.75, 3.05) is 18.2 Å². The molecule has 0 amide bonds. The number of hydrogen-bond donors (Lipinski definition) is 1. The molecule has 1 N–H and O–H groups in total. The third kappa shape index (κ3) is 5.19. The van der Waals surface area contributed by atoms with Crippen molar-refractivity contribution in [3.8, 4) is 11.5 Å². The zero-order chi connectivity index (χ0) is 22.4. The summed E-state index contributed by atoms with van der Waals surface area (Å²) in [5.74, 6) is 0.623. The molecule has 0 fully saturated rings. The van der Waals surface area contributed by atoms with Gasteiger partial charge in [-0.25, -0.2) is 4.57 Å². The van der Waals surface area contributed by atoms with Gasteiger partial charge >= 0.3 is 7.75 Å². The van der Waals surface area contributed by atoms with E-state index in [2.05, 4.69) is 15.1 Å². The van der Waals surface area contributed by atoms with E-state index >= 15 is 0 Å². The lowest BCUT2D eigenvalue weighted by Gasteiger charge is -2.22. The average Bonchev–Trinajstić information content (AvgIpc) is 2.79. The first-order valence-corrected chi connectivity index (χ1v) is 11.3. The molecular weight excluding hydrogens is 431 g/mol. The van der Waals surface area contributed by atoms with Crippen molar-refractivity contribution in [1.82, 2.24) is 0 Å². The summed E-state index contributed by atoms with van der Waals surface area (Å²) in [6.07, 6.45) is 3.26. The first-order valence-electron chi connectivity index (χ1n) is 9.72. The molecule has 0 saturated heterocycles. The van der Waals surface area contributed by atoms with Crippen molar-refractivity contribution < 1.29 is 18.5 Å². The van der Waals surface area contributed by atoms with Crippen molar-refractivity contribution >= 4 is 31.6 Å². The van der Waals surface area contributed by atoms with Crippen molar-refractivity contribution in [3.63, 3.8) is 0 Å². The number of aliphatic imine (C=N–C) groups is 2. The Labute approximate surface area is 184 Å². The number of fused-ring (bicyclic) bond motifs is 2. The van der Waals surface area contributed by atoms with Gasteiger partial charge in [-0.05, 0) is 36.4 Å². The van der Waals surface area contributed by atoms with E-state index in [1.807, 2.05) is 12.1 Å². The number of para-hydroxylation sites is 2. The maximum atomic E-state index is 13.9. The first-order chi connectivity index (χ1) is 15.5. The fourth-order valence-electron chi connectivity index (χ4n) is 2.92. The van der Waals surface area contributed by atoms with Crippen LogP contribution < -0.4 is 14.1 Å². The number of nitro groups is 1. The summed E-state index contributed by atoms with van der Waals surface area (Å²) in [5, 5.41) is 13.7. The molecule has 0 bridgehead atoms. The Morgan fingerprint density at radius 2 is 1.31 bits per heavy atom. The number of non-ortho nitro benzene ring substituents is 1. The Hall–Kier alpha value is -3.97. The Morgan fingerprint density at radius 3 is 1.81 bits per heavy atom. The molecule has 0 radical (unpaired) electrons. The van der Waals surface area contributed by atoms with Crippen molar-refractivity contribution in [2.45, 2.75) is 0 Å². The molecule has 0 atom stereocenters. The zero-order valence-corrected chi connectivity index (χ0v) is 17.7. The third-order valence-electron chi connectivity index (χ3n) is 4.44. The summed E-state index contributed by atoms with van der Waals surface area (Å²) < 4.78 is 25.7. The van der Waals surface area contributed by atoms with Crippen LogP contribution in [-0.4, -0.2) is 30.4 Å². The highest BCUT2D eigenvalue weighted by atomic mass is 31.2. The summed E-state index contributed by atoms with van der Waals surface area (Å²) in [7, 11) is -4.05. The largest absolute Gasteiger partial charge is 0.541 e. The summed E-state index contributed by atoms with van der Waals surface area (Å²) in [5.41, 5.74) is 1.49. The molecule has 9 nitrogen and oxygen atoms in total. The smallest absolute Gasteiger partial charge is 0.400 e. The second kappa shape index (κ2) is 9.45. The van der Waals surface area contributed by atoms with E-state index in [4.69, 9.17) is 9.05 Å². The topological polar surface area (TPSA) is 115 Å². The molecule has 3 aromatic carbocycles. The SMILES string of the molecule is O=[N+]([O-])c1ccc(NP2(=O)Oc3ccccc3C=NCCN=Cc3ccccc3O2)cc1. The number of nitro benzene ring substituents is 1. The molecule has 1 aliphatic rings. The minimum Gasteiger partial charge on any atom is -0.400 e. The number of hydrogen-bond acceptors (Lipinski definition) is 7. The fourth-order valence-corrected chi connectivity index (χ4v) is 4.37. The van der Waals surface area contributed by atoms with E-state index in [-0.39, 0.29) is 5.69 Å². The predicted octanol–water partition coefficient (Wildman–Crippen LogP) is 5.12. The van der Waals surface area contributed by atoms with E-state index in [1.54, 1.807) is 48.8 Å². The molecule has 10 heteroatoms. The molecule has 4 rings (SSSR count). The molecule has 162 valence electrons. The first kappa shape index (κ1) is 21.3. The van der Waals surface area contributed by atoms with Gasteiger partial charge in [0.2, 0.25) is 0 Å². The van der Waals surface area contributed by atoms with Gasteiger partial charge in [0, 0.05) is 41.4 Å². The van der Waals surface area contributed by atoms with Gasteiger partial charge in [0.05, 0.1) is 18.0 Å². The van der Waals surface area contributed by atoms with Crippen LogP contribution in [0.25, 0.3) is 0 Å². The number of anilines is 1. The van der Waals surface area contributed by atoms with E-state index in [0.717, 1.165) is 0 Å². The molecule has 0 aliphatic carbocycles. The quantitative estimate of drug-likeness (QED) is 0.336. The standard InChI is InChI=1S/C22H19N4O5P/c27-26(28)20-11-9-19(10-12-20)25-32(29)30-21-7-3-1-5-17(21)15-23-13-14-24-16-18-6-2-4-8-22(18)31-32/h1-12,15-16H,13-14H2,(H,25,29).